The maximum absolute atomic E-state index is 12.7. The van der Waals surface area contributed by atoms with E-state index in [9.17, 15) is 9.59 Å². The smallest absolute Gasteiger partial charge is 0.320 e. The van der Waals surface area contributed by atoms with Gasteiger partial charge in [0.05, 0.1) is 13.2 Å². The van der Waals surface area contributed by atoms with E-state index in [-0.39, 0.29) is 11.6 Å². The standard InChI is InChI=1S/C18H21N3O3/c1-12-8-14-9-13-2-3-21(18(23)20-4-6-24-7-5-20)11-15(13)10-16(14)19-17(12)22/h8-10H,2-7,11H2,1H3,(H,19,22). The number of benzene rings is 1. The van der Waals surface area contributed by atoms with Gasteiger partial charge in [0.15, 0.2) is 0 Å². The van der Waals surface area contributed by atoms with E-state index in [4.69, 9.17) is 4.74 Å². The van der Waals surface area contributed by atoms with Crippen LogP contribution < -0.4 is 5.56 Å². The lowest BCUT2D eigenvalue weighted by atomic mass is 9.97. The zero-order valence-corrected chi connectivity index (χ0v) is 13.8. The van der Waals surface area contributed by atoms with E-state index in [0.29, 0.717) is 32.8 Å². The number of aromatic nitrogens is 1. The Hall–Kier alpha value is -2.34. The molecule has 0 atom stereocenters. The van der Waals surface area contributed by atoms with Gasteiger partial charge in [-0.25, -0.2) is 4.79 Å². The number of nitrogens with one attached hydrogen (secondary N) is 1. The van der Waals surface area contributed by atoms with Gasteiger partial charge < -0.3 is 19.5 Å². The lowest BCUT2D eigenvalue weighted by Gasteiger charge is -2.35. The van der Waals surface area contributed by atoms with E-state index in [1.165, 1.54) is 5.56 Å². The molecule has 2 amide bonds. The van der Waals surface area contributed by atoms with Crippen molar-refractivity contribution in [3.8, 4) is 0 Å². The van der Waals surface area contributed by atoms with Crippen molar-refractivity contribution in [1.29, 1.82) is 0 Å². The maximum atomic E-state index is 12.7. The molecule has 2 aromatic rings. The highest BCUT2D eigenvalue weighted by Gasteiger charge is 2.26. The third-order valence-corrected chi connectivity index (χ3v) is 4.91. The second kappa shape index (κ2) is 5.94. The number of nitrogens with zero attached hydrogens (tertiary/aromatic N) is 2. The van der Waals surface area contributed by atoms with Crippen LogP contribution in [0, 0.1) is 6.92 Å². The molecule has 1 saturated heterocycles. The quantitative estimate of drug-likeness (QED) is 0.800. The first-order chi connectivity index (χ1) is 11.6. The Labute approximate surface area is 140 Å². The van der Waals surface area contributed by atoms with Crippen molar-refractivity contribution in [3.63, 3.8) is 0 Å². The van der Waals surface area contributed by atoms with Crippen LogP contribution in [0.3, 0.4) is 0 Å². The molecule has 6 nitrogen and oxygen atoms in total. The topological polar surface area (TPSA) is 65.6 Å². The van der Waals surface area contributed by atoms with Crippen LogP contribution in [0.25, 0.3) is 10.9 Å². The maximum Gasteiger partial charge on any atom is 0.320 e. The lowest BCUT2D eigenvalue weighted by molar-refractivity contribution is 0.0421. The van der Waals surface area contributed by atoms with Gasteiger partial charge in [0.25, 0.3) is 5.56 Å². The molecule has 0 unspecified atom stereocenters. The van der Waals surface area contributed by atoms with E-state index in [1.54, 1.807) is 0 Å². The third-order valence-electron chi connectivity index (χ3n) is 4.91. The van der Waals surface area contributed by atoms with Crippen molar-refractivity contribution < 1.29 is 9.53 Å². The Balaban J connectivity index is 1.62. The molecule has 0 bridgehead atoms. The monoisotopic (exact) mass is 327 g/mol. The number of carbonyl (C=O) groups is 1. The molecule has 0 radical (unpaired) electrons. The fraction of sp³-hybridized carbons (Fsp3) is 0.444. The SMILES string of the molecule is Cc1cc2cc3c(cc2[nH]c1=O)CN(C(=O)N1CCOCC1)CC3. The first-order valence-corrected chi connectivity index (χ1v) is 8.39. The number of carbonyl (C=O) groups excluding carboxylic acids is 1. The van der Waals surface area contributed by atoms with Crippen LogP contribution in [0.1, 0.15) is 16.7 Å². The van der Waals surface area contributed by atoms with Crippen LogP contribution in [0.5, 0.6) is 0 Å². The summed E-state index contributed by atoms with van der Waals surface area (Å²) < 4.78 is 5.32. The number of aromatic amines is 1. The van der Waals surface area contributed by atoms with Crippen molar-refractivity contribution in [2.45, 2.75) is 19.9 Å². The largest absolute Gasteiger partial charge is 0.378 e. The van der Waals surface area contributed by atoms with E-state index >= 15 is 0 Å². The van der Waals surface area contributed by atoms with Gasteiger partial charge >= 0.3 is 6.03 Å². The van der Waals surface area contributed by atoms with E-state index in [1.807, 2.05) is 28.9 Å². The zero-order valence-electron chi connectivity index (χ0n) is 13.8. The summed E-state index contributed by atoms with van der Waals surface area (Å²) in [5.74, 6) is 0. The highest BCUT2D eigenvalue weighted by Crippen LogP contribution is 2.25. The van der Waals surface area contributed by atoms with Gasteiger partial charge in [-0.1, -0.05) is 0 Å². The van der Waals surface area contributed by atoms with Gasteiger partial charge in [-0.15, -0.1) is 0 Å². The van der Waals surface area contributed by atoms with Gasteiger partial charge in [0.2, 0.25) is 0 Å². The van der Waals surface area contributed by atoms with Gasteiger partial charge in [-0.3, -0.25) is 4.79 Å². The van der Waals surface area contributed by atoms with Gasteiger partial charge in [0, 0.05) is 37.3 Å². The van der Waals surface area contributed by atoms with Crippen molar-refractivity contribution in [2.24, 2.45) is 0 Å². The highest BCUT2D eigenvalue weighted by atomic mass is 16.5. The number of aryl methyl sites for hydroxylation is 1. The summed E-state index contributed by atoms with van der Waals surface area (Å²) in [6.45, 7) is 5.69. The molecule has 2 aliphatic rings. The molecule has 4 rings (SSSR count). The van der Waals surface area contributed by atoms with Crippen molar-refractivity contribution in [1.82, 2.24) is 14.8 Å². The Kier molecular flexibility index (Phi) is 3.76. The molecule has 1 aromatic heterocycles. The van der Waals surface area contributed by atoms with Crippen molar-refractivity contribution in [2.75, 3.05) is 32.8 Å². The number of urea groups is 1. The number of H-pyrrole nitrogens is 1. The molecule has 1 N–H and O–H groups in total. The number of pyridine rings is 1. The fourth-order valence-corrected chi connectivity index (χ4v) is 3.49. The van der Waals surface area contributed by atoms with Crippen LogP contribution in [0.4, 0.5) is 4.79 Å². The molecule has 1 aromatic carbocycles. The van der Waals surface area contributed by atoms with Gasteiger partial charge in [-0.05, 0) is 48.1 Å². The second-order valence-corrected chi connectivity index (χ2v) is 6.54. The van der Waals surface area contributed by atoms with Crippen molar-refractivity contribution >= 4 is 16.9 Å². The Bertz CT molecular complexity index is 852. The minimum absolute atomic E-state index is 0.0560. The average molecular weight is 327 g/mol. The zero-order chi connectivity index (χ0) is 16.7. The summed E-state index contributed by atoms with van der Waals surface area (Å²) in [5.41, 5.74) is 3.89. The number of hydrogen-bond acceptors (Lipinski definition) is 3. The number of hydrogen-bond donors (Lipinski definition) is 1. The number of fused-ring (bicyclic) bond motifs is 2. The van der Waals surface area contributed by atoms with Gasteiger partial charge in [-0.2, -0.15) is 0 Å². The molecule has 126 valence electrons. The van der Waals surface area contributed by atoms with Crippen LogP contribution in [0.15, 0.2) is 23.0 Å². The Morgan fingerprint density at radius 2 is 1.88 bits per heavy atom. The Morgan fingerprint density at radius 1 is 1.08 bits per heavy atom. The first kappa shape index (κ1) is 15.2. The summed E-state index contributed by atoms with van der Waals surface area (Å²) >= 11 is 0. The van der Waals surface area contributed by atoms with E-state index < -0.39 is 0 Å². The number of rotatable bonds is 0. The van der Waals surface area contributed by atoms with Gasteiger partial charge in [0.1, 0.15) is 0 Å². The van der Waals surface area contributed by atoms with Crippen LogP contribution in [-0.2, 0) is 17.7 Å². The molecule has 24 heavy (non-hydrogen) atoms. The summed E-state index contributed by atoms with van der Waals surface area (Å²) in [7, 11) is 0. The summed E-state index contributed by atoms with van der Waals surface area (Å²) in [5, 5.41) is 1.05. The van der Waals surface area contributed by atoms with Crippen LogP contribution in [-0.4, -0.2) is 53.7 Å². The number of ether oxygens (including phenoxy) is 1. The minimum Gasteiger partial charge on any atom is -0.378 e. The predicted molar refractivity (Wildman–Crippen MR) is 91.2 cm³/mol. The molecular formula is C18H21N3O3. The minimum atomic E-state index is -0.0560. The second-order valence-electron chi connectivity index (χ2n) is 6.54. The number of morpholine rings is 1. The molecule has 0 aliphatic carbocycles. The molecule has 2 aliphatic heterocycles. The highest BCUT2D eigenvalue weighted by molar-refractivity contribution is 5.81. The summed E-state index contributed by atoms with van der Waals surface area (Å²) in [6, 6.07) is 6.18. The van der Waals surface area contributed by atoms with E-state index in [0.717, 1.165) is 35.0 Å². The molecule has 6 heteroatoms. The molecule has 1 fully saturated rings. The molecule has 0 spiro atoms. The van der Waals surface area contributed by atoms with Crippen LogP contribution >= 0.6 is 0 Å². The molecule has 3 heterocycles. The Morgan fingerprint density at radius 3 is 2.67 bits per heavy atom. The van der Waals surface area contributed by atoms with Crippen molar-refractivity contribution in [3.05, 3.63) is 45.2 Å². The number of amides is 2. The first-order valence-electron chi connectivity index (χ1n) is 8.39. The predicted octanol–water partition coefficient (Wildman–Crippen LogP) is 1.65. The summed E-state index contributed by atoms with van der Waals surface area (Å²) in [6.07, 6.45) is 0.847. The summed E-state index contributed by atoms with van der Waals surface area (Å²) in [4.78, 5) is 31.2. The van der Waals surface area contributed by atoms with E-state index in [2.05, 4.69) is 11.1 Å². The molecular weight excluding hydrogens is 306 g/mol. The third kappa shape index (κ3) is 2.67. The van der Waals surface area contributed by atoms with Crippen LogP contribution in [0.2, 0.25) is 0 Å². The molecule has 0 saturated carbocycles. The normalized spacial score (nSPS) is 17.9. The fourth-order valence-electron chi connectivity index (χ4n) is 3.49. The lowest BCUT2D eigenvalue weighted by Crippen LogP contribution is -2.49. The average Bonchev–Trinajstić information content (AvgIpc) is 2.61.